The van der Waals surface area contributed by atoms with E-state index in [0.717, 1.165) is 26.1 Å². The molecular formula is C13H21N3. The topological polar surface area (TPSA) is 41.3 Å². The van der Waals surface area contributed by atoms with Gasteiger partial charge in [0.05, 0.1) is 0 Å². The summed E-state index contributed by atoms with van der Waals surface area (Å²) in [4.78, 5) is 2.46. The van der Waals surface area contributed by atoms with E-state index in [1.807, 2.05) is 6.07 Å². The van der Waals surface area contributed by atoms with E-state index in [0.29, 0.717) is 12.1 Å². The third-order valence-electron chi connectivity index (χ3n) is 3.45. The van der Waals surface area contributed by atoms with Crippen LogP contribution in [0.2, 0.25) is 0 Å². The minimum atomic E-state index is 0.358. The van der Waals surface area contributed by atoms with Crippen molar-refractivity contribution in [2.75, 3.05) is 25.0 Å². The Morgan fingerprint density at radius 3 is 2.75 bits per heavy atom. The molecule has 0 amide bonds. The summed E-state index contributed by atoms with van der Waals surface area (Å²) < 4.78 is 0. The molecule has 2 unspecified atom stereocenters. The van der Waals surface area contributed by atoms with Crippen molar-refractivity contribution >= 4 is 5.69 Å². The molecule has 1 heterocycles. The van der Waals surface area contributed by atoms with Crippen LogP contribution in [-0.2, 0) is 0 Å². The van der Waals surface area contributed by atoms with Crippen molar-refractivity contribution in [3.8, 4) is 0 Å². The number of likely N-dealkylation sites (tertiary alicyclic amines) is 1. The lowest BCUT2D eigenvalue weighted by atomic mass is 10.2. The fourth-order valence-corrected chi connectivity index (χ4v) is 2.25. The molecule has 88 valence electrons. The van der Waals surface area contributed by atoms with E-state index in [4.69, 9.17) is 5.73 Å². The van der Waals surface area contributed by atoms with Crippen LogP contribution in [0.5, 0.6) is 0 Å². The molecule has 1 saturated heterocycles. The van der Waals surface area contributed by atoms with Gasteiger partial charge in [0.25, 0.3) is 0 Å². The zero-order valence-corrected chi connectivity index (χ0v) is 9.89. The fraction of sp³-hybridized carbons (Fsp3) is 0.538. The summed E-state index contributed by atoms with van der Waals surface area (Å²) in [6.07, 6.45) is 1.13. The van der Waals surface area contributed by atoms with Crippen molar-refractivity contribution in [1.29, 1.82) is 0 Å². The highest BCUT2D eigenvalue weighted by atomic mass is 15.2. The zero-order valence-electron chi connectivity index (χ0n) is 9.89. The summed E-state index contributed by atoms with van der Waals surface area (Å²) in [7, 11) is 0. The van der Waals surface area contributed by atoms with Crippen LogP contribution in [0.3, 0.4) is 0 Å². The van der Waals surface area contributed by atoms with Gasteiger partial charge < -0.3 is 11.1 Å². The lowest BCUT2D eigenvalue weighted by molar-refractivity contribution is 0.270. The Hall–Kier alpha value is -1.06. The van der Waals surface area contributed by atoms with Crippen LogP contribution in [0.4, 0.5) is 5.69 Å². The zero-order chi connectivity index (χ0) is 11.4. The van der Waals surface area contributed by atoms with Crippen molar-refractivity contribution in [3.05, 3.63) is 30.3 Å². The van der Waals surface area contributed by atoms with Crippen LogP contribution in [-0.4, -0.2) is 36.6 Å². The van der Waals surface area contributed by atoms with Crippen LogP contribution < -0.4 is 11.1 Å². The van der Waals surface area contributed by atoms with Gasteiger partial charge >= 0.3 is 0 Å². The minimum absolute atomic E-state index is 0.358. The first-order valence-corrected chi connectivity index (χ1v) is 6.06. The largest absolute Gasteiger partial charge is 0.384 e. The first-order chi connectivity index (χ1) is 7.77. The second-order valence-electron chi connectivity index (χ2n) is 4.52. The standard InChI is InChI=1S/C13H21N3/c1-11-13(14)7-9-16(11)10-8-15-12-5-3-2-4-6-12/h2-6,11,13,15H,7-10,14H2,1H3. The maximum atomic E-state index is 5.99. The third-order valence-corrected chi connectivity index (χ3v) is 3.45. The first kappa shape index (κ1) is 11.4. The molecule has 0 aromatic heterocycles. The lowest BCUT2D eigenvalue weighted by Crippen LogP contribution is -2.38. The van der Waals surface area contributed by atoms with Gasteiger partial charge in [-0.2, -0.15) is 0 Å². The molecule has 3 nitrogen and oxygen atoms in total. The summed E-state index contributed by atoms with van der Waals surface area (Å²) in [5.41, 5.74) is 7.18. The molecule has 2 atom stereocenters. The van der Waals surface area contributed by atoms with Crippen molar-refractivity contribution in [1.82, 2.24) is 4.90 Å². The molecule has 0 bridgehead atoms. The Morgan fingerprint density at radius 1 is 1.38 bits per heavy atom. The number of hydrogen-bond acceptors (Lipinski definition) is 3. The van der Waals surface area contributed by atoms with Gasteiger partial charge in [-0.25, -0.2) is 0 Å². The van der Waals surface area contributed by atoms with Gasteiger partial charge in [-0.3, -0.25) is 4.90 Å². The molecule has 16 heavy (non-hydrogen) atoms. The number of para-hydroxylation sites is 1. The molecular weight excluding hydrogens is 198 g/mol. The van der Waals surface area contributed by atoms with E-state index >= 15 is 0 Å². The van der Waals surface area contributed by atoms with Gasteiger partial charge in [-0.15, -0.1) is 0 Å². The summed E-state index contributed by atoms with van der Waals surface area (Å²) in [6, 6.07) is 11.2. The van der Waals surface area contributed by atoms with E-state index in [2.05, 4.69) is 41.4 Å². The number of benzene rings is 1. The summed E-state index contributed by atoms with van der Waals surface area (Å²) in [5, 5.41) is 3.42. The monoisotopic (exact) mass is 219 g/mol. The lowest BCUT2D eigenvalue weighted by Gasteiger charge is -2.23. The van der Waals surface area contributed by atoms with Gasteiger partial charge in [0.1, 0.15) is 0 Å². The maximum absolute atomic E-state index is 5.99. The van der Waals surface area contributed by atoms with Crippen molar-refractivity contribution < 1.29 is 0 Å². The average molecular weight is 219 g/mol. The summed E-state index contributed by atoms with van der Waals surface area (Å²) in [5.74, 6) is 0. The molecule has 1 aromatic rings. The third kappa shape index (κ3) is 2.74. The Balaban J connectivity index is 1.73. The van der Waals surface area contributed by atoms with Crippen LogP contribution in [0.15, 0.2) is 30.3 Å². The fourth-order valence-electron chi connectivity index (χ4n) is 2.25. The molecule has 1 fully saturated rings. The smallest absolute Gasteiger partial charge is 0.0340 e. The van der Waals surface area contributed by atoms with Crippen molar-refractivity contribution in [2.45, 2.75) is 25.4 Å². The molecule has 1 aliphatic heterocycles. The molecule has 3 N–H and O–H groups in total. The normalized spacial score (nSPS) is 25.9. The molecule has 0 spiro atoms. The van der Waals surface area contributed by atoms with Crippen LogP contribution >= 0.6 is 0 Å². The van der Waals surface area contributed by atoms with Gasteiger partial charge in [0, 0.05) is 37.4 Å². The van der Waals surface area contributed by atoms with Crippen LogP contribution in [0.25, 0.3) is 0 Å². The van der Waals surface area contributed by atoms with E-state index in [1.54, 1.807) is 0 Å². The highest BCUT2D eigenvalue weighted by Gasteiger charge is 2.26. The Labute approximate surface area is 97.6 Å². The Bertz CT molecular complexity index is 312. The van der Waals surface area contributed by atoms with E-state index in [-0.39, 0.29) is 0 Å². The van der Waals surface area contributed by atoms with Gasteiger partial charge in [0.15, 0.2) is 0 Å². The second kappa shape index (κ2) is 5.32. The highest BCUT2D eigenvalue weighted by molar-refractivity contribution is 5.42. The van der Waals surface area contributed by atoms with Gasteiger partial charge in [0.2, 0.25) is 0 Å². The maximum Gasteiger partial charge on any atom is 0.0340 e. The van der Waals surface area contributed by atoms with Crippen molar-refractivity contribution in [3.63, 3.8) is 0 Å². The van der Waals surface area contributed by atoms with Gasteiger partial charge in [-0.1, -0.05) is 18.2 Å². The molecule has 1 aromatic carbocycles. The van der Waals surface area contributed by atoms with E-state index in [9.17, 15) is 0 Å². The number of anilines is 1. The van der Waals surface area contributed by atoms with Crippen LogP contribution in [0, 0.1) is 0 Å². The summed E-state index contributed by atoms with van der Waals surface area (Å²) >= 11 is 0. The molecule has 0 radical (unpaired) electrons. The molecule has 3 heteroatoms. The Kier molecular flexibility index (Phi) is 3.80. The van der Waals surface area contributed by atoms with E-state index < -0.39 is 0 Å². The average Bonchev–Trinajstić information content (AvgIpc) is 2.62. The Morgan fingerprint density at radius 2 is 2.12 bits per heavy atom. The van der Waals surface area contributed by atoms with Crippen molar-refractivity contribution in [2.24, 2.45) is 5.73 Å². The number of rotatable bonds is 4. The number of nitrogens with two attached hydrogens (primary N) is 1. The number of hydrogen-bond donors (Lipinski definition) is 2. The SMILES string of the molecule is CC1C(N)CCN1CCNc1ccccc1. The predicted octanol–water partition coefficient (Wildman–Crippen LogP) is 1.52. The molecule has 0 saturated carbocycles. The van der Waals surface area contributed by atoms with Gasteiger partial charge in [-0.05, 0) is 25.5 Å². The quantitative estimate of drug-likeness (QED) is 0.806. The van der Waals surface area contributed by atoms with Crippen LogP contribution in [0.1, 0.15) is 13.3 Å². The molecule has 0 aliphatic carbocycles. The summed E-state index contributed by atoms with van der Waals surface area (Å²) in [6.45, 7) is 5.42. The predicted molar refractivity (Wildman–Crippen MR) is 68.6 cm³/mol. The minimum Gasteiger partial charge on any atom is -0.384 e. The molecule has 2 rings (SSSR count). The number of nitrogens with one attached hydrogen (secondary N) is 1. The second-order valence-corrected chi connectivity index (χ2v) is 4.52. The first-order valence-electron chi connectivity index (χ1n) is 6.06. The molecule has 1 aliphatic rings. The number of nitrogens with zero attached hydrogens (tertiary/aromatic N) is 1. The van der Waals surface area contributed by atoms with E-state index in [1.165, 1.54) is 5.69 Å². The highest BCUT2D eigenvalue weighted by Crippen LogP contribution is 2.15.